The summed E-state index contributed by atoms with van der Waals surface area (Å²) in [4.78, 5) is 129. The van der Waals surface area contributed by atoms with Gasteiger partial charge < -0.3 is 69.6 Å². The highest BCUT2D eigenvalue weighted by atomic mass is 16.4. The molecule has 316 valence electrons. The number of carboxylic acid groups (broad SMARTS) is 1. The number of nitrogens with one attached hydrogen (secondary N) is 8. The molecule has 0 rings (SSSR count). The Bertz CT molecular complexity index is 1450. The van der Waals surface area contributed by atoms with E-state index >= 15 is 0 Å². The van der Waals surface area contributed by atoms with Gasteiger partial charge in [0.15, 0.2) is 5.96 Å². The van der Waals surface area contributed by atoms with Crippen LogP contribution in [0.5, 0.6) is 0 Å². The van der Waals surface area contributed by atoms with E-state index in [0.717, 1.165) is 0 Å². The summed E-state index contributed by atoms with van der Waals surface area (Å²) in [5, 5.41) is 28.6. The second-order valence-corrected chi connectivity index (χ2v) is 13.4. The number of nitrogens with zero attached hydrogens (tertiary/aromatic N) is 1. The average molecular weight is 799 g/mol. The van der Waals surface area contributed by atoms with Crippen LogP contribution in [0.4, 0.5) is 0 Å². The van der Waals surface area contributed by atoms with E-state index in [2.05, 4.69) is 47.5 Å². The number of aliphatic imine (C=N–C) groups is 1. The van der Waals surface area contributed by atoms with Crippen LogP contribution in [0.1, 0.15) is 74.1 Å². The Labute approximate surface area is 324 Å². The monoisotopic (exact) mass is 798 g/mol. The van der Waals surface area contributed by atoms with Crippen molar-refractivity contribution in [1.29, 1.82) is 0 Å². The molecule has 0 spiro atoms. The minimum atomic E-state index is -1.50. The topological polar surface area (TPSA) is 378 Å². The molecular formula is C33H58N12O11. The highest BCUT2D eigenvalue weighted by Gasteiger charge is 2.33. The summed E-state index contributed by atoms with van der Waals surface area (Å²) in [5.74, 6) is -8.30. The van der Waals surface area contributed by atoms with Gasteiger partial charge in [-0.15, -0.1) is 0 Å². The summed E-state index contributed by atoms with van der Waals surface area (Å²) in [6.07, 6.45) is -0.337. The first-order chi connectivity index (χ1) is 26.0. The first-order valence-corrected chi connectivity index (χ1v) is 17.9. The fourth-order valence-electron chi connectivity index (χ4n) is 4.59. The minimum Gasteiger partial charge on any atom is -0.481 e. The van der Waals surface area contributed by atoms with E-state index in [-0.39, 0.29) is 31.9 Å². The minimum absolute atomic E-state index is 0.0367. The summed E-state index contributed by atoms with van der Waals surface area (Å²) in [6, 6.07) is -9.53. The molecule has 23 heteroatoms. The van der Waals surface area contributed by atoms with Crippen LogP contribution in [0.3, 0.4) is 0 Å². The molecule has 0 aliphatic rings. The number of guanidine groups is 1. The van der Waals surface area contributed by atoms with Crippen molar-refractivity contribution < 1.29 is 53.1 Å². The van der Waals surface area contributed by atoms with Gasteiger partial charge in [0.1, 0.15) is 48.6 Å². The van der Waals surface area contributed by atoms with E-state index in [9.17, 15) is 53.1 Å². The molecule has 0 unspecified atom stereocenters. The molecule has 8 amide bonds. The van der Waals surface area contributed by atoms with E-state index in [1.807, 2.05) is 0 Å². The summed E-state index contributed by atoms with van der Waals surface area (Å²) in [6.45, 7) is 9.67. The fraction of sp³-hybridized carbons (Fsp3) is 0.667. The maximum Gasteiger partial charge on any atom is 0.303 e. The predicted octanol–water partition coefficient (Wildman–Crippen LogP) is -5.30. The molecule has 0 aliphatic heterocycles. The van der Waals surface area contributed by atoms with Gasteiger partial charge in [-0.1, -0.05) is 13.8 Å². The van der Waals surface area contributed by atoms with Crippen LogP contribution in [-0.2, 0) is 47.9 Å². The number of carbonyl (C=O) groups is 10. The normalized spacial score (nSPS) is 15.0. The molecule has 8 atom stereocenters. The molecule has 0 radical (unpaired) electrons. The number of hydrogen-bond donors (Lipinski definition) is 12. The first kappa shape index (κ1) is 50.1. The van der Waals surface area contributed by atoms with Gasteiger partial charge in [-0.05, 0) is 59.8 Å². The standard InChI is InChI=1S/C33H58N12O11/c1-15(2)25(32(56)42-18(5)26(50)38-16(3)14-46)45-31(55)22(10-11-24(48)49)44-29(53)20(7)41-30(54)21(9-8-12-37-33(35)36)43-28(52)19(6)40-27(51)17(4)39-23(47)13-34/h14-22,25H,8-13,34H2,1-7H3,(H,38,50)(H,39,47)(H,40,51)(H,41,54)(H,42,56)(H,43,52)(H,44,53)(H,45,55)(H,48,49)(H4,35,36,37)/t16-,17-,18-,19-,20-,21-,22-,25-/m0/s1. The molecule has 15 N–H and O–H groups in total. The van der Waals surface area contributed by atoms with Crippen LogP contribution in [0.15, 0.2) is 4.99 Å². The second kappa shape index (κ2) is 25.3. The van der Waals surface area contributed by atoms with Crippen molar-refractivity contribution >= 4 is 65.5 Å². The third kappa shape index (κ3) is 19.5. The SMILES string of the molecule is CC(C)[C@H](NC(=O)[C@H](CCC(=O)O)NC(=O)[C@H](C)NC(=O)[C@H](CCCN=C(N)N)NC(=O)[C@H](C)NC(=O)[C@H](C)NC(=O)CN)C(=O)N[C@@H](C)C(=O)N[C@@H](C)C=O. The van der Waals surface area contributed by atoms with Gasteiger partial charge in [0.05, 0.1) is 12.6 Å². The number of nitrogens with two attached hydrogens (primary N) is 3. The lowest BCUT2D eigenvalue weighted by Gasteiger charge is -2.27. The van der Waals surface area contributed by atoms with E-state index in [0.29, 0.717) is 6.29 Å². The zero-order valence-electron chi connectivity index (χ0n) is 32.7. The van der Waals surface area contributed by atoms with Gasteiger partial charge in [-0.25, -0.2) is 0 Å². The summed E-state index contributed by atoms with van der Waals surface area (Å²) >= 11 is 0. The zero-order chi connectivity index (χ0) is 43.3. The third-order valence-electron chi connectivity index (χ3n) is 7.89. The Kier molecular flexibility index (Phi) is 22.6. The van der Waals surface area contributed by atoms with Crippen molar-refractivity contribution in [3.63, 3.8) is 0 Å². The number of hydrogen-bond acceptors (Lipinski definition) is 12. The van der Waals surface area contributed by atoms with Crippen LogP contribution < -0.4 is 59.7 Å². The molecule has 0 bridgehead atoms. The lowest BCUT2D eigenvalue weighted by atomic mass is 10.0. The molecule has 0 saturated heterocycles. The molecule has 0 aromatic rings. The molecule has 0 fully saturated rings. The van der Waals surface area contributed by atoms with Crippen molar-refractivity contribution in [3.05, 3.63) is 0 Å². The summed E-state index contributed by atoms with van der Waals surface area (Å²) in [7, 11) is 0. The molecule has 0 aliphatic carbocycles. The number of amides is 8. The Morgan fingerprint density at radius 1 is 0.589 bits per heavy atom. The number of aliphatic carboxylic acids is 1. The largest absolute Gasteiger partial charge is 0.481 e. The van der Waals surface area contributed by atoms with E-state index < -0.39 is 120 Å². The van der Waals surface area contributed by atoms with Crippen molar-refractivity contribution in [2.45, 2.75) is 122 Å². The molecule has 56 heavy (non-hydrogen) atoms. The smallest absolute Gasteiger partial charge is 0.303 e. The lowest BCUT2D eigenvalue weighted by molar-refractivity contribution is -0.139. The highest BCUT2D eigenvalue weighted by molar-refractivity contribution is 5.97. The van der Waals surface area contributed by atoms with E-state index in [4.69, 9.17) is 17.2 Å². The number of carbonyl (C=O) groups excluding carboxylic acids is 9. The Hall–Kier alpha value is -5.87. The Morgan fingerprint density at radius 2 is 1.02 bits per heavy atom. The van der Waals surface area contributed by atoms with Gasteiger partial charge in [-0.2, -0.15) is 0 Å². The van der Waals surface area contributed by atoms with E-state index in [1.54, 1.807) is 13.8 Å². The summed E-state index contributed by atoms with van der Waals surface area (Å²) in [5.41, 5.74) is 16.0. The molecular weight excluding hydrogens is 740 g/mol. The summed E-state index contributed by atoms with van der Waals surface area (Å²) < 4.78 is 0. The molecule has 0 aromatic heterocycles. The van der Waals surface area contributed by atoms with Crippen LogP contribution >= 0.6 is 0 Å². The van der Waals surface area contributed by atoms with Crippen molar-refractivity contribution in [3.8, 4) is 0 Å². The van der Waals surface area contributed by atoms with Crippen LogP contribution in [0.2, 0.25) is 0 Å². The van der Waals surface area contributed by atoms with Crippen LogP contribution in [-0.4, -0.2) is 132 Å². The highest BCUT2D eigenvalue weighted by Crippen LogP contribution is 2.07. The van der Waals surface area contributed by atoms with Crippen molar-refractivity contribution in [2.75, 3.05) is 13.1 Å². The van der Waals surface area contributed by atoms with Crippen LogP contribution in [0.25, 0.3) is 0 Å². The zero-order valence-corrected chi connectivity index (χ0v) is 32.7. The average Bonchev–Trinajstić information content (AvgIpc) is 3.12. The number of aldehydes is 1. The number of carboxylic acids is 1. The Morgan fingerprint density at radius 3 is 1.48 bits per heavy atom. The van der Waals surface area contributed by atoms with Gasteiger partial charge in [0, 0.05) is 13.0 Å². The molecule has 0 heterocycles. The van der Waals surface area contributed by atoms with Gasteiger partial charge in [0.2, 0.25) is 47.3 Å². The maximum absolute atomic E-state index is 13.4. The van der Waals surface area contributed by atoms with Crippen molar-refractivity contribution in [1.82, 2.24) is 42.5 Å². The Balaban J connectivity index is 5.91. The van der Waals surface area contributed by atoms with Crippen molar-refractivity contribution in [2.24, 2.45) is 28.1 Å². The van der Waals surface area contributed by atoms with Gasteiger partial charge in [-0.3, -0.25) is 48.1 Å². The van der Waals surface area contributed by atoms with Crippen LogP contribution in [0, 0.1) is 5.92 Å². The third-order valence-corrected chi connectivity index (χ3v) is 7.89. The van der Waals surface area contributed by atoms with Gasteiger partial charge >= 0.3 is 5.97 Å². The quantitative estimate of drug-likeness (QED) is 0.0178. The van der Waals surface area contributed by atoms with E-state index in [1.165, 1.54) is 34.6 Å². The lowest BCUT2D eigenvalue weighted by Crippen LogP contribution is -2.60. The first-order valence-electron chi connectivity index (χ1n) is 17.9. The second-order valence-electron chi connectivity index (χ2n) is 13.4. The number of rotatable bonds is 25. The van der Waals surface area contributed by atoms with Gasteiger partial charge in [0.25, 0.3) is 0 Å². The molecule has 0 saturated carbocycles. The fourth-order valence-corrected chi connectivity index (χ4v) is 4.59. The molecule has 0 aromatic carbocycles. The maximum atomic E-state index is 13.4. The predicted molar refractivity (Wildman–Crippen MR) is 201 cm³/mol. The molecule has 23 nitrogen and oxygen atoms in total.